The number of amides is 2. The third kappa shape index (κ3) is 4.61. The van der Waals surface area contributed by atoms with E-state index in [0.29, 0.717) is 5.01 Å². The average Bonchev–Trinajstić information content (AvgIpc) is 3.22. The van der Waals surface area contributed by atoms with Crippen LogP contribution in [0, 0.1) is 15.9 Å². The summed E-state index contributed by atoms with van der Waals surface area (Å²) in [5.41, 5.74) is 5.47. The Morgan fingerprint density at radius 3 is 2.48 bits per heavy atom. The van der Waals surface area contributed by atoms with Gasteiger partial charge in [0, 0.05) is 22.6 Å². The molecule has 2 aromatic carbocycles. The molecular weight excluding hydrogens is 399 g/mol. The minimum atomic E-state index is -1.06. The van der Waals surface area contributed by atoms with E-state index in [1.54, 1.807) is 5.38 Å². The van der Waals surface area contributed by atoms with E-state index in [4.69, 9.17) is 0 Å². The number of hydrogen-bond donors (Lipinski definition) is 2. The summed E-state index contributed by atoms with van der Waals surface area (Å²) >= 11 is 1.28. The Balaban J connectivity index is 1.65. The topological polar surface area (TPSA) is 114 Å². The van der Waals surface area contributed by atoms with Crippen molar-refractivity contribution in [2.45, 2.75) is 13.3 Å². The molecule has 0 unspecified atom stereocenters. The van der Waals surface area contributed by atoms with Crippen molar-refractivity contribution in [3.05, 3.63) is 80.6 Å². The molecule has 0 atom stereocenters. The quantitative estimate of drug-likeness (QED) is 0.490. The van der Waals surface area contributed by atoms with Crippen LogP contribution in [0.3, 0.4) is 0 Å². The van der Waals surface area contributed by atoms with E-state index in [1.165, 1.54) is 16.9 Å². The predicted octanol–water partition coefficient (Wildman–Crippen LogP) is 3.49. The van der Waals surface area contributed by atoms with Crippen LogP contribution in [0.25, 0.3) is 10.6 Å². The number of carbonyl (C=O) groups excluding carboxylic acids is 2. The van der Waals surface area contributed by atoms with Gasteiger partial charge in [0.05, 0.1) is 4.92 Å². The molecule has 0 spiro atoms. The SMILES string of the molecule is CCc1ccc(-c2nc(C(=O)NNC(=O)c3ccc(F)c([N+](=O)[O-])c3)cs2)cc1. The lowest BCUT2D eigenvalue weighted by atomic mass is 10.1. The van der Waals surface area contributed by atoms with E-state index in [0.717, 1.165) is 30.2 Å². The van der Waals surface area contributed by atoms with Gasteiger partial charge in [-0.3, -0.25) is 30.6 Å². The minimum absolute atomic E-state index is 0.106. The lowest BCUT2D eigenvalue weighted by Gasteiger charge is -2.06. The van der Waals surface area contributed by atoms with Crippen molar-refractivity contribution in [2.75, 3.05) is 0 Å². The van der Waals surface area contributed by atoms with Gasteiger partial charge in [-0.2, -0.15) is 4.39 Å². The van der Waals surface area contributed by atoms with Gasteiger partial charge in [0.1, 0.15) is 10.7 Å². The van der Waals surface area contributed by atoms with Crippen LogP contribution in [0.1, 0.15) is 33.3 Å². The second-order valence-corrected chi connectivity index (χ2v) is 6.78. The maximum Gasteiger partial charge on any atom is 0.305 e. The fraction of sp³-hybridized carbons (Fsp3) is 0.105. The molecule has 0 saturated heterocycles. The normalized spacial score (nSPS) is 10.4. The third-order valence-corrected chi connectivity index (χ3v) is 4.93. The van der Waals surface area contributed by atoms with E-state index in [-0.39, 0.29) is 11.3 Å². The lowest BCUT2D eigenvalue weighted by Crippen LogP contribution is -2.41. The van der Waals surface area contributed by atoms with Gasteiger partial charge >= 0.3 is 5.69 Å². The number of rotatable bonds is 5. The Labute approximate surface area is 168 Å². The molecule has 0 fully saturated rings. The summed E-state index contributed by atoms with van der Waals surface area (Å²) < 4.78 is 13.4. The average molecular weight is 414 g/mol. The molecule has 0 aliphatic rings. The summed E-state index contributed by atoms with van der Waals surface area (Å²) in [5, 5.41) is 13.0. The van der Waals surface area contributed by atoms with Crippen LogP contribution >= 0.6 is 11.3 Å². The fourth-order valence-corrected chi connectivity index (χ4v) is 3.24. The lowest BCUT2D eigenvalue weighted by molar-refractivity contribution is -0.387. The highest BCUT2D eigenvalue weighted by atomic mass is 32.1. The Kier molecular flexibility index (Phi) is 5.93. The zero-order valence-electron chi connectivity index (χ0n) is 15.1. The van der Waals surface area contributed by atoms with Crippen molar-refractivity contribution < 1.29 is 18.9 Å². The van der Waals surface area contributed by atoms with Crippen LogP contribution in [0.2, 0.25) is 0 Å². The number of nitrogens with one attached hydrogen (secondary N) is 2. The Hall–Kier alpha value is -3.66. The summed E-state index contributed by atoms with van der Waals surface area (Å²) in [6.45, 7) is 2.05. The van der Waals surface area contributed by atoms with Crippen LogP contribution in [0.5, 0.6) is 0 Å². The van der Waals surface area contributed by atoms with Gasteiger partial charge in [0.25, 0.3) is 11.8 Å². The molecule has 0 saturated carbocycles. The zero-order valence-corrected chi connectivity index (χ0v) is 16.0. The Bertz CT molecular complexity index is 1080. The highest BCUT2D eigenvalue weighted by Crippen LogP contribution is 2.24. The van der Waals surface area contributed by atoms with Crippen molar-refractivity contribution >= 4 is 28.8 Å². The number of thiazole rings is 1. The van der Waals surface area contributed by atoms with Gasteiger partial charge in [-0.05, 0) is 24.1 Å². The molecule has 0 radical (unpaired) electrons. The number of aromatic nitrogens is 1. The first-order valence-electron chi connectivity index (χ1n) is 8.48. The summed E-state index contributed by atoms with van der Waals surface area (Å²) in [6.07, 6.45) is 0.919. The van der Waals surface area contributed by atoms with E-state index in [9.17, 15) is 24.1 Å². The van der Waals surface area contributed by atoms with E-state index >= 15 is 0 Å². The Morgan fingerprint density at radius 2 is 1.83 bits per heavy atom. The second-order valence-electron chi connectivity index (χ2n) is 5.92. The predicted molar refractivity (Wildman–Crippen MR) is 105 cm³/mol. The molecule has 3 rings (SSSR count). The minimum Gasteiger partial charge on any atom is -0.267 e. The molecule has 3 aromatic rings. The zero-order chi connectivity index (χ0) is 21.0. The van der Waals surface area contributed by atoms with Crippen LogP contribution in [0.15, 0.2) is 47.8 Å². The molecule has 2 amide bonds. The maximum atomic E-state index is 13.4. The van der Waals surface area contributed by atoms with Gasteiger partial charge in [-0.15, -0.1) is 11.3 Å². The first-order valence-corrected chi connectivity index (χ1v) is 9.36. The first kappa shape index (κ1) is 20.1. The molecule has 10 heteroatoms. The molecule has 0 bridgehead atoms. The van der Waals surface area contributed by atoms with Crippen molar-refractivity contribution in [2.24, 2.45) is 0 Å². The van der Waals surface area contributed by atoms with Crippen LogP contribution in [-0.4, -0.2) is 21.7 Å². The summed E-state index contributed by atoms with van der Waals surface area (Å²) in [7, 11) is 0. The largest absolute Gasteiger partial charge is 0.305 e. The second kappa shape index (κ2) is 8.57. The highest BCUT2D eigenvalue weighted by Gasteiger charge is 2.18. The Morgan fingerprint density at radius 1 is 1.14 bits per heavy atom. The molecule has 1 heterocycles. The molecular formula is C19H15FN4O4S. The smallest absolute Gasteiger partial charge is 0.267 e. The maximum absolute atomic E-state index is 13.4. The number of aryl methyl sites for hydroxylation is 1. The summed E-state index contributed by atoms with van der Waals surface area (Å²) in [4.78, 5) is 38.3. The van der Waals surface area contributed by atoms with Crippen LogP contribution < -0.4 is 10.9 Å². The van der Waals surface area contributed by atoms with Crippen molar-refractivity contribution in [3.8, 4) is 10.6 Å². The molecule has 2 N–H and O–H groups in total. The van der Waals surface area contributed by atoms with Gasteiger partial charge in [-0.25, -0.2) is 4.98 Å². The summed E-state index contributed by atoms with van der Waals surface area (Å²) in [5.74, 6) is -2.53. The van der Waals surface area contributed by atoms with E-state index < -0.39 is 28.2 Å². The molecule has 8 nitrogen and oxygen atoms in total. The standard InChI is InChI=1S/C19H15FN4O4S/c1-2-11-3-5-12(6-4-11)19-21-15(10-29-19)18(26)23-22-17(25)13-7-8-14(20)16(9-13)24(27)28/h3-10H,2H2,1H3,(H,22,25)(H,23,26). The van der Waals surface area contributed by atoms with E-state index in [1.807, 2.05) is 24.3 Å². The number of nitrogens with zero attached hydrogens (tertiary/aromatic N) is 2. The fourth-order valence-electron chi connectivity index (χ4n) is 2.44. The number of carbonyl (C=O) groups is 2. The highest BCUT2D eigenvalue weighted by molar-refractivity contribution is 7.13. The van der Waals surface area contributed by atoms with Crippen molar-refractivity contribution in [1.82, 2.24) is 15.8 Å². The van der Waals surface area contributed by atoms with Gasteiger partial charge in [-0.1, -0.05) is 31.2 Å². The molecule has 0 aliphatic heterocycles. The molecule has 148 valence electrons. The number of halogens is 1. The van der Waals surface area contributed by atoms with Crippen LogP contribution in [0.4, 0.5) is 10.1 Å². The monoisotopic (exact) mass is 414 g/mol. The molecule has 0 aliphatic carbocycles. The number of nitro groups is 1. The van der Waals surface area contributed by atoms with Crippen LogP contribution in [-0.2, 0) is 6.42 Å². The van der Waals surface area contributed by atoms with Gasteiger partial charge < -0.3 is 0 Å². The number of hydrazine groups is 1. The van der Waals surface area contributed by atoms with Gasteiger partial charge in [0.15, 0.2) is 0 Å². The number of hydrogen-bond acceptors (Lipinski definition) is 6. The van der Waals surface area contributed by atoms with E-state index in [2.05, 4.69) is 22.8 Å². The third-order valence-electron chi connectivity index (χ3n) is 4.04. The molecule has 1 aromatic heterocycles. The van der Waals surface area contributed by atoms with Crippen molar-refractivity contribution in [3.63, 3.8) is 0 Å². The summed E-state index contributed by atoms with van der Waals surface area (Å²) in [6, 6.07) is 10.5. The van der Waals surface area contributed by atoms with Crippen molar-refractivity contribution in [1.29, 1.82) is 0 Å². The molecule has 29 heavy (non-hydrogen) atoms. The number of nitro benzene ring substituents is 1. The van der Waals surface area contributed by atoms with Gasteiger partial charge in [0.2, 0.25) is 5.82 Å². The number of benzene rings is 2. The first-order chi connectivity index (χ1) is 13.9.